The highest BCUT2D eigenvalue weighted by Crippen LogP contribution is 2.19. The van der Waals surface area contributed by atoms with Crippen LogP contribution in [0.3, 0.4) is 0 Å². The topological polar surface area (TPSA) is 76.1 Å². The third kappa shape index (κ3) is 2.69. The van der Waals surface area contributed by atoms with Crippen LogP contribution in [0.4, 0.5) is 0 Å². The van der Waals surface area contributed by atoms with Crippen LogP contribution in [0.25, 0.3) is 11.6 Å². The smallest absolute Gasteiger partial charge is 0.374 e. The SMILES string of the molecule is COC(=O)c1occc1/C=C(\C#N)c1ccccn1. The summed E-state index contributed by atoms with van der Waals surface area (Å²) in [5.41, 5.74) is 1.35. The number of furan rings is 1. The van der Waals surface area contributed by atoms with Crippen LogP contribution in [-0.4, -0.2) is 18.1 Å². The molecule has 0 spiro atoms. The molecule has 2 rings (SSSR count). The van der Waals surface area contributed by atoms with E-state index in [2.05, 4.69) is 9.72 Å². The number of hydrogen-bond donors (Lipinski definition) is 0. The van der Waals surface area contributed by atoms with Gasteiger partial charge in [-0.3, -0.25) is 4.98 Å². The molecule has 0 aliphatic heterocycles. The van der Waals surface area contributed by atoms with E-state index in [1.54, 1.807) is 30.5 Å². The normalized spacial score (nSPS) is 10.8. The molecule has 0 saturated carbocycles. The first-order valence-electron chi connectivity index (χ1n) is 5.45. The third-order valence-corrected chi connectivity index (χ3v) is 2.43. The van der Waals surface area contributed by atoms with Crippen LogP contribution in [0.5, 0.6) is 0 Å². The van der Waals surface area contributed by atoms with E-state index in [0.717, 1.165) is 0 Å². The molecule has 0 saturated heterocycles. The molecule has 2 heterocycles. The van der Waals surface area contributed by atoms with Crippen molar-refractivity contribution in [2.24, 2.45) is 0 Å². The quantitative estimate of drug-likeness (QED) is 0.621. The summed E-state index contributed by atoms with van der Waals surface area (Å²) in [6.45, 7) is 0. The van der Waals surface area contributed by atoms with Gasteiger partial charge in [-0.05, 0) is 24.3 Å². The lowest BCUT2D eigenvalue weighted by molar-refractivity contribution is 0.0565. The van der Waals surface area contributed by atoms with Gasteiger partial charge in [-0.15, -0.1) is 0 Å². The lowest BCUT2D eigenvalue weighted by Gasteiger charge is -1.98. The van der Waals surface area contributed by atoms with Crippen LogP contribution >= 0.6 is 0 Å². The Hall–Kier alpha value is -2.87. The van der Waals surface area contributed by atoms with Crippen molar-refractivity contribution in [3.8, 4) is 6.07 Å². The summed E-state index contributed by atoms with van der Waals surface area (Å²) < 4.78 is 9.65. The summed E-state index contributed by atoms with van der Waals surface area (Å²) in [5, 5.41) is 9.16. The highest BCUT2D eigenvalue weighted by atomic mass is 16.5. The summed E-state index contributed by atoms with van der Waals surface area (Å²) in [7, 11) is 1.27. The monoisotopic (exact) mass is 254 g/mol. The maximum absolute atomic E-state index is 11.5. The van der Waals surface area contributed by atoms with Crippen molar-refractivity contribution in [3.05, 3.63) is 53.7 Å². The zero-order chi connectivity index (χ0) is 13.7. The van der Waals surface area contributed by atoms with E-state index in [4.69, 9.17) is 9.68 Å². The molecule has 5 heteroatoms. The minimum absolute atomic E-state index is 0.0613. The van der Waals surface area contributed by atoms with Gasteiger partial charge in [0, 0.05) is 11.8 Å². The Morgan fingerprint density at radius 2 is 2.32 bits per heavy atom. The highest BCUT2D eigenvalue weighted by molar-refractivity contribution is 5.95. The highest BCUT2D eigenvalue weighted by Gasteiger charge is 2.15. The van der Waals surface area contributed by atoms with Gasteiger partial charge in [0.25, 0.3) is 0 Å². The van der Waals surface area contributed by atoms with Gasteiger partial charge in [-0.25, -0.2) is 4.79 Å². The van der Waals surface area contributed by atoms with Crippen LogP contribution in [-0.2, 0) is 4.74 Å². The summed E-state index contributed by atoms with van der Waals surface area (Å²) in [6, 6.07) is 8.89. The molecule has 0 aromatic carbocycles. The molecule has 0 aliphatic carbocycles. The van der Waals surface area contributed by atoms with E-state index < -0.39 is 5.97 Å². The third-order valence-electron chi connectivity index (χ3n) is 2.43. The van der Waals surface area contributed by atoms with E-state index >= 15 is 0 Å². The minimum atomic E-state index is -0.588. The molecular weight excluding hydrogens is 244 g/mol. The molecule has 19 heavy (non-hydrogen) atoms. The van der Waals surface area contributed by atoms with Crippen LogP contribution in [0.15, 0.2) is 41.1 Å². The largest absolute Gasteiger partial charge is 0.463 e. The molecule has 0 aliphatic rings. The fourth-order valence-corrected chi connectivity index (χ4v) is 1.53. The van der Waals surface area contributed by atoms with Crippen molar-refractivity contribution in [1.29, 1.82) is 5.26 Å². The van der Waals surface area contributed by atoms with Crippen molar-refractivity contribution < 1.29 is 13.9 Å². The van der Waals surface area contributed by atoms with Crippen LogP contribution in [0, 0.1) is 11.3 Å². The number of hydrogen-bond acceptors (Lipinski definition) is 5. The average Bonchev–Trinajstić information content (AvgIpc) is 2.93. The second-order valence-electron chi connectivity index (χ2n) is 3.58. The molecule has 0 radical (unpaired) electrons. The van der Waals surface area contributed by atoms with Gasteiger partial charge in [0.05, 0.1) is 24.6 Å². The summed E-state index contributed by atoms with van der Waals surface area (Å²) in [4.78, 5) is 15.5. The number of methoxy groups -OCH3 is 1. The number of nitrogens with zero attached hydrogens (tertiary/aromatic N) is 2. The maximum atomic E-state index is 11.5. The molecule has 0 atom stereocenters. The number of ether oxygens (including phenoxy) is 1. The van der Waals surface area contributed by atoms with E-state index in [1.165, 1.54) is 19.4 Å². The fourth-order valence-electron chi connectivity index (χ4n) is 1.53. The zero-order valence-corrected chi connectivity index (χ0v) is 10.2. The van der Waals surface area contributed by atoms with Crippen molar-refractivity contribution in [2.45, 2.75) is 0 Å². The Kier molecular flexibility index (Phi) is 3.74. The minimum Gasteiger partial charge on any atom is -0.463 e. The number of rotatable bonds is 3. The zero-order valence-electron chi connectivity index (χ0n) is 10.2. The van der Waals surface area contributed by atoms with E-state index in [9.17, 15) is 4.79 Å². The van der Waals surface area contributed by atoms with Crippen molar-refractivity contribution in [2.75, 3.05) is 7.11 Å². The number of nitriles is 1. The van der Waals surface area contributed by atoms with Gasteiger partial charge in [0.15, 0.2) is 0 Å². The molecule has 0 unspecified atom stereocenters. The predicted molar refractivity (Wildman–Crippen MR) is 67.8 cm³/mol. The van der Waals surface area contributed by atoms with Gasteiger partial charge in [0.1, 0.15) is 6.07 Å². The standard InChI is InChI=1S/C14H10N2O3/c1-18-14(17)13-10(5-7-19-13)8-11(9-15)12-4-2-3-6-16-12/h2-8H,1H3/b11-8+. The number of aromatic nitrogens is 1. The summed E-state index contributed by atoms with van der Waals surface area (Å²) >= 11 is 0. The van der Waals surface area contributed by atoms with E-state index in [1.807, 2.05) is 6.07 Å². The lowest BCUT2D eigenvalue weighted by atomic mass is 10.1. The molecule has 2 aromatic heterocycles. The maximum Gasteiger partial charge on any atom is 0.374 e. The predicted octanol–water partition coefficient (Wildman–Crippen LogP) is 2.53. The average molecular weight is 254 g/mol. The first kappa shape index (κ1) is 12.6. The van der Waals surface area contributed by atoms with E-state index in [-0.39, 0.29) is 5.76 Å². The Balaban J connectivity index is 2.43. The summed E-state index contributed by atoms with van der Waals surface area (Å²) in [5.74, 6) is -0.527. The Bertz CT molecular complexity index is 651. The van der Waals surface area contributed by atoms with Gasteiger partial charge >= 0.3 is 5.97 Å². The van der Waals surface area contributed by atoms with Crippen LogP contribution in [0.1, 0.15) is 21.8 Å². The molecule has 0 N–H and O–H groups in total. The molecular formula is C14H10N2O3. The number of esters is 1. The van der Waals surface area contributed by atoms with Gasteiger partial charge < -0.3 is 9.15 Å². The van der Waals surface area contributed by atoms with Crippen LogP contribution in [0.2, 0.25) is 0 Å². The van der Waals surface area contributed by atoms with E-state index in [0.29, 0.717) is 16.8 Å². The second-order valence-corrected chi connectivity index (χ2v) is 3.58. The first-order chi connectivity index (χ1) is 9.26. The van der Waals surface area contributed by atoms with Crippen molar-refractivity contribution >= 4 is 17.6 Å². The lowest BCUT2D eigenvalue weighted by Crippen LogP contribution is -2.01. The van der Waals surface area contributed by atoms with Gasteiger partial charge in [0.2, 0.25) is 5.76 Å². The second kappa shape index (κ2) is 5.65. The molecule has 0 fully saturated rings. The Morgan fingerprint density at radius 3 is 2.95 bits per heavy atom. The molecule has 0 bridgehead atoms. The summed E-state index contributed by atoms with van der Waals surface area (Å²) in [6.07, 6.45) is 4.50. The molecule has 0 amide bonds. The molecule has 2 aromatic rings. The number of carbonyl (C=O) groups excluding carboxylic acids is 1. The van der Waals surface area contributed by atoms with Gasteiger partial charge in [-0.1, -0.05) is 6.07 Å². The Labute approximate surface area is 109 Å². The van der Waals surface area contributed by atoms with Crippen LogP contribution < -0.4 is 0 Å². The first-order valence-corrected chi connectivity index (χ1v) is 5.45. The molecule has 94 valence electrons. The van der Waals surface area contributed by atoms with Gasteiger partial charge in [-0.2, -0.15) is 5.26 Å². The number of allylic oxidation sites excluding steroid dienone is 1. The number of pyridine rings is 1. The fraction of sp³-hybridized carbons (Fsp3) is 0.0714. The Morgan fingerprint density at radius 1 is 1.47 bits per heavy atom. The van der Waals surface area contributed by atoms with Crippen molar-refractivity contribution in [3.63, 3.8) is 0 Å². The van der Waals surface area contributed by atoms with Crippen molar-refractivity contribution in [1.82, 2.24) is 4.98 Å². The molecule has 5 nitrogen and oxygen atoms in total. The number of carbonyl (C=O) groups is 1.